The molecule has 3 amide bonds. The van der Waals surface area contributed by atoms with Crippen LogP contribution in [0.1, 0.15) is 61.6 Å². The highest BCUT2D eigenvalue weighted by Gasteiger charge is 2.18. The van der Waals surface area contributed by atoms with Gasteiger partial charge in [0.25, 0.3) is 5.91 Å². The molecular weight excluding hydrogens is 480 g/mol. The van der Waals surface area contributed by atoms with E-state index in [4.69, 9.17) is 5.73 Å². The van der Waals surface area contributed by atoms with Crippen molar-refractivity contribution in [2.45, 2.75) is 58.0 Å². The molecule has 0 fully saturated rings. The number of amides is 3. The fraction of sp³-hybridized carbons (Fsp3) is 0.345. The van der Waals surface area contributed by atoms with Gasteiger partial charge in [0.15, 0.2) is 0 Å². The fourth-order valence-corrected chi connectivity index (χ4v) is 3.34. The average molecular weight is 519 g/mol. The van der Waals surface area contributed by atoms with Gasteiger partial charge in [0, 0.05) is 37.2 Å². The summed E-state index contributed by atoms with van der Waals surface area (Å²) in [4.78, 5) is 36.9. The molecule has 1 atom stereocenters. The third-order valence-electron chi connectivity index (χ3n) is 5.51. The molecule has 1 aromatic carbocycles. The van der Waals surface area contributed by atoms with Gasteiger partial charge in [-0.05, 0) is 45.2 Å². The maximum atomic E-state index is 12.9. The van der Waals surface area contributed by atoms with Crippen molar-refractivity contribution in [3.05, 3.63) is 96.3 Å². The highest BCUT2D eigenvalue weighted by molar-refractivity contribution is 5.97. The van der Waals surface area contributed by atoms with Crippen LogP contribution in [0.25, 0.3) is 0 Å². The Hall–Kier alpha value is -4.27. The predicted octanol–water partition coefficient (Wildman–Crippen LogP) is 3.61. The number of primary amides is 1. The quantitative estimate of drug-likeness (QED) is 0.369. The summed E-state index contributed by atoms with van der Waals surface area (Å²) < 4.78 is 1.76. The Bertz CT molecular complexity index is 1130. The lowest BCUT2D eigenvalue weighted by Crippen LogP contribution is -2.44. The molecule has 0 aliphatic heterocycles. The summed E-state index contributed by atoms with van der Waals surface area (Å²) in [7, 11) is 0. The number of nitrogens with two attached hydrogens (primary N) is 1. The molecule has 2 rings (SSSR count). The van der Waals surface area contributed by atoms with E-state index in [1.54, 1.807) is 28.9 Å². The Morgan fingerprint density at radius 3 is 2.00 bits per heavy atom. The van der Waals surface area contributed by atoms with Crippen molar-refractivity contribution < 1.29 is 14.4 Å². The van der Waals surface area contributed by atoms with E-state index in [9.17, 15) is 14.4 Å². The van der Waals surface area contributed by atoms with Gasteiger partial charge in [-0.3, -0.25) is 14.4 Å². The topological polar surface area (TPSA) is 132 Å². The van der Waals surface area contributed by atoms with Crippen LogP contribution in [-0.4, -0.2) is 45.3 Å². The molecule has 0 aliphatic rings. The minimum Gasteiger partial charge on any atom is -0.368 e. The first-order chi connectivity index (χ1) is 18.4. The highest BCUT2D eigenvalue weighted by Crippen LogP contribution is 2.06. The summed E-state index contributed by atoms with van der Waals surface area (Å²) in [5.41, 5.74) is 6.71. The Morgan fingerprint density at radius 1 is 0.895 bits per heavy atom. The summed E-state index contributed by atoms with van der Waals surface area (Å²) in [6, 6.07) is 23.1. The van der Waals surface area contributed by atoms with Crippen molar-refractivity contribution in [2.24, 2.45) is 5.73 Å². The Morgan fingerprint density at radius 2 is 1.47 bits per heavy atom. The molecule has 9 heteroatoms. The van der Waals surface area contributed by atoms with Gasteiger partial charge in [0.05, 0.1) is 5.69 Å². The number of carbonyl (C=O) groups excluding carboxylic acids is 3. The van der Waals surface area contributed by atoms with E-state index in [0.29, 0.717) is 44.2 Å². The molecule has 0 saturated heterocycles. The maximum Gasteiger partial charge on any atom is 0.251 e. The van der Waals surface area contributed by atoms with E-state index < -0.39 is 17.9 Å². The largest absolute Gasteiger partial charge is 0.368 e. The van der Waals surface area contributed by atoms with Gasteiger partial charge < -0.3 is 16.4 Å². The van der Waals surface area contributed by atoms with Crippen LogP contribution in [0, 0.1) is 0 Å². The molecule has 0 bridgehead atoms. The van der Waals surface area contributed by atoms with E-state index >= 15 is 0 Å². The van der Waals surface area contributed by atoms with E-state index in [1.807, 2.05) is 74.6 Å². The van der Waals surface area contributed by atoms with Gasteiger partial charge in [-0.1, -0.05) is 71.9 Å². The van der Waals surface area contributed by atoms with Crippen LogP contribution in [0.15, 0.2) is 85.1 Å². The van der Waals surface area contributed by atoms with E-state index in [-0.39, 0.29) is 11.9 Å². The van der Waals surface area contributed by atoms with E-state index in [0.717, 1.165) is 5.69 Å². The lowest BCUT2D eigenvalue weighted by Gasteiger charge is -2.15. The van der Waals surface area contributed by atoms with Crippen molar-refractivity contribution >= 4 is 17.7 Å². The fourth-order valence-electron chi connectivity index (χ4n) is 3.34. The number of nitrogens with zero attached hydrogens (tertiary/aromatic N) is 3. The lowest BCUT2D eigenvalue weighted by molar-refractivity contribution is -0.121. The first-order valence-corrected chi connectivity index (χ1v) is 12.9. The van der Waals surface area contributed by atoms with Crippen LogP contribution in [0.3, 0.4) is 0 Å². The second kappa shape index (κ2) is 17.2. The normalized spacial score (nSPS) is 11.0. The minimum absolute atomic E-state index is 0.0696. The molecule has 1 aromatic heterocycles. The number of hydrogen-bond donors (Lipinski definition) is 3. The molecule has 1 heterocycles. The van der Waals surface area contributed by atoms with Crippen molar-refractivity contribution in [1.82, 2.24) is 25.6 Å². The summed E-state index contributed by atoms with van der Waals surface area (Å²) in [5.74, 6) is -1.06. The average Bonchev–Trinajstić information content (AvgIpc) is 3.37. The number of unbranched alkanes of at least 4 members (excludes halogenated alkanes) is 1. The number of aryl methyl sites for hydroxylation is 1. The molecule has 9 nitrogen and oxygen atoms in total. The molecular formula is C29H38N6O3. The summed E-state index contributed by atoms with van der Waals surface area (Å²) in [5, 5.41) is 13.7. The van der Waals surface area contributed by atoms with Crippen molar-refractivity contribution in [3.63, 3.8) is 0 Å². The Kier molecular flexibility index (Phi) is 13.6. The van der Waals surface area contributed by atoms with Crippen molar-refractivity contribution in [3.8, 4) is 0 Å². The standard InChI is InChI=1S/C29H38N6O3/c1-23(2)35-22-25(33-34-35)19-20-27(36)31-21-15-14-18-26(28(30)37)32-29(38)24-16-12-10-8-6-4-3-5-7-9-11-13-17-24/h3-13,16-17,22-23,26H,14-15,18-21H2,1-2H3,(H2,30,37)(H,31,36)(H,32,38)/t26-/m0/s1. The van der Waals surface area contributed by atoms with E-state index in [2.05, 4.69) is 20.9 Å². The molecule has 0 unspecified atom stereocenters. The molecule has 0 spiro atoms. The number of carbonyl (C=O) groups is 3. The monoisotopic (exact) mass is 518 g/mol. The third-order valence-corrected chi connectivity index (χ3v) is 5.51. The molecule has 202 valence electrons. The third kappa shape index (κ3) is 12.1. The molecule has 38 heavy (non-hydrogen) atoms. The van der Waals surface area contributed by atoms with Crippen LogP contribution >= 0.6 is 0 Å². The number of rotatable bonds is 12. The zero-order valence-corrected chi connectivity index (χ0v) is 22.1. The first-order valence-electron chi connectivity index (χ1n) is 12.9. The van der Waals surface area contributed by atoms with Crippen LogP contribution in [0.2, 0.25) is 0 Å². The predicted molar refractivity (Wildman–Crippen MR) is 148 cm³/mol. The summed E-state index contributed by atoms with van der Waals surface area (Å²) >= 11 is 0. The van der Waals surface area contributed by atoms with Crippen LogP contribution in [0.5, 0.6) is 0 Å². The number of aromatic nitrogens is 3. The van der Waals surface area contributed by atoms with Gasteiger partial charge in [-0.2, -0.15) is 0 Å². The summed E-state index contributed by atoms with van der Waals surface area (Å²) in [6.07, 6.45) is 4.34. The molecule has 0 aliphatic carbocycles. The zero-order valence-electron chi connectivity index (χ0n) is 22.1. The van der Waals surface area contributed by atoms with Gasteiger partial charge in [-0.25, -0.2) is 4.68 Å². The SMILES string of the molecule is CC(C)n1cc(CCC(=O)NCCCC[C@H](NC(=O)c2ccccccccccccc2)C(N)=O)nn1. The summed E-state index contributed by atoms with van der Waals surface area (Å²) in [6.45, 7) is 4.50. The van der Waals surface area contributed by atoms with Gasteiger partial charge in [0.2, 0.25) is 11.8 Å². The lowest BCUT2D eigenvalue weighted by atomic mass is 10.1. The minimum atomic E-state index is -0.809. The van der Waals surface area contributed by atoms with Gasteiger partial charge in [-0.15, -0.1) is 5.10 Å². The molecule has 0 saturated carbocycles. The molecule has 4 N–H and O–H groups in total. The van der Waals surface area contributed by atoms with Crippen LogP contribution < -0.4 is 16.4 Å². The maximum absolute atomic E-state index is 12.9. The van der Waals surface area contributed by atoms with E-state index in [1.165, 1.54) is 0 Å². The second-order valence-electron chi connectivity index (χ2n) is 8.96. The van der Waals surface area contributed by atoms with Crippen LogP contribution in [0.4, 0.5) is 0 Å². The van der Waals surface area contributed by atoms with Crippen LogP contribution in [-0.2, 0) is 16.0 Å². The van der Waals surface area contributed by atoms with Crippen molar-refractivity contribution in [2.75, 3.05) is 6.54 Å². The number of nitrogens with one attached hydrogen (secondary N) is 2. The molecule has 0 radical (unpaired) electrons. The number of hydrogen-bond acceptors (Lipinski definition) is 5. The Balaban J connectivity index is 1.83. The zero-order chi connectivity index (χ0) is 27.6. The Labute approximate surface area is 224 Å². The highest BCUT2D eigenvalue weighted by atomic mass is 16.2. The van der Waals surface area contributed by atoms with Gasteiger partial charge >= 0.3 is 0 Å². The molecule has 2 aromatic rings. The smallest absolute Gasteiger partial charge is 0.251 e. The van der Waals surface area contributed by atoms with Crippen molar-refractivity contribution in [1.29, 1.82) is 0 Å². The second-order valence-corrected chi connectivity index (χ2v) is 8.96. The first kappa shape index (κ1) is 30.0. The van der Waals surface area contributed by atoms with Gasteiger partial charge in [0.1, 0.15) is 6.04 Å².